The molecule has 16 heavy (non-hydrogen) atoms. The molecule has 1 nitrogen and oxygen atoms in total. The van der Waals surface area contributed by atoms with Crippen molar-refractivity contribution in [3.8, 4) is 0 Å². The van der Waals surface area contributed by atoms with E-state index >= 15 is 0 Å². The molecular weight excluding hydrogens is 282 g/mol. The monoisotopic (exact) mass is 301 g/mol. The summed E-state index contributed by atoms with van der Waals surface area (Å²) in [6.07, 6.45) is 5.54. The van der Waals surface area contributed by atoms with Crippen LogP contribution >= 0.6 is 27.3 Å². The Morgan fingerprint density at radius 3 is 2.75 bits per heavy atom. The molecule has 1 fully saturated rings. The van der Waals surface area contributed by atoms with E-state index in [1.54, 1.807) is 0 Å². The highest BCUT2D eigenvalue weighted by molar-refractivity contribution is 9.11. The molecule has 0 bridgehead atoms. The number of hydrogen-bond donors (Lipinski definition) is 1. The second kappa shape index (κ2) is 5.65. The lowest BCUT2D eigenvalue weighted by Gasteiger charge is -2.32. The molecule has 1 aliphatic rings. The minimum atomic E-state index is 0.488. The van der Waals surface area contributed by atoms with Crippen molar-refractivity contribution in [1.29, 1.82) is 0 Å². The zero-order valence-corrected chi connectivity index (χ0v) is 12.4. The van der Waals surface area contributed by atoms with Crippen LogP contribution in [0.1, 0.15) is 50.4 Å². The average molecular weight is 302 g/mol. The molecule has 0 radical (unpaired) electrons. The van der Waals surface area contributed by atoms with Gasteiger partial charge in [-0.05, 0) is 53.7 Å². The smallest absolute Gasteiger partial charge is 0.0701 e. The summed E-state index contributed by atoms with van der Waals surface area (Å²) in [4.78, 5) is 1.43. The van der Waals surface area contributed by atoms with Crippen LogP contribution in [0.3, 0.4) is 0 Å². The van der Waals surface area contributed by atoms with E-state index in [2.05, 4.69) is 47.2 Å². The van der Waals surface area contributed by atoms with Crippen LogP contribution in [0.4, 0.5) is 0 Å². The number of rotatable bonds is 3. The predicted molar refractivity (Wildman–Crippen MR) is 75.0 cm³/mol. The zero-order chi connectivity index (χ0) is 11.5. The summed E-state index contributed by atoms with van der Waals surface area (Å²) >= 11 is 5.37. The Bertz CT molecular complexity index is 336. The summed E-state index contributed by atoms with van der Waals surface area (Å²) in [7, 11) is 0. The predicted octanol–water partition coefficient (Wildman–Crippen LogP) is 4.74. The molecule has 1 saturated carbocycles. The average Bonchev–Trinajstić information content (AvgIpc) is 2.68. The fourth-order valence-electron chi connectivity index (χ4n) is 2.53. The zero-order valence-electron chi connectivity index (χ0n) is 10.0. The van der Waals surface area contributed by atoms with E-state index in [9.17, 15) is 0 Å². The quantitative estimate of drug-likeness (QED) is 0.850. The largest absolute Gasteiger partial charge is 0.306 e. The lowest BCUT2D eigenvalue weighted by molar-refractivity contribution is 0.264. The summed E-state index contributed by atoms with van der Waals surface area (Å²) in [6, 6.07) is 5.56. The van der Waals surface area contributed by atoms with Crippen molar-refractivity contribution >= 4 is 27.3 Å². The minimum Gasteiger partial charge on any atom is -0.306 e. The Balaban J connectivity index is 1.93. The number of halogens is 1. The first kappa shape index (κ1) is 12.6. The van der Waals surface area contributed by atoms with Gasteiger partial charge in [-0.3, -0.25) is 0 Å². The van der Waals surface area contributed by atoms with E-state index in [0.29, 0.717) is 12.1 Å². The van der Waals surface area contributed by atoms with Gasteiger partial charge in [-0.2, -0.15) is 0 Å². The van der Waals surface area contributed by atoms with Gasteiger partial charge >= 0.3 is 0 Å². The van der Waals surface area contributed by atoms with Gasteiger partial charge in [-0.15, -0.1) is 11.3 Å². The molecule has 1 heterocycles. The third kappa shape index (κ3) is 3.08. The van der Waals surface area contributed by atoms with Crippen LogP contribution in [0.15, 0.2) is 15.9 Å². The highest BCUT2D eigenvalue weighted by Gasteiger charge is 2.23. The number of hydrogen-bond acceptors (Lipinski definition) is 2. The SMILES string of the molecule is CC(NC1CCCCC1C)c1ccc(Br)s1. The molecular formula is C13H20BrNS. The first-order chi connectivity index (χ1) is 7.66. The third-order valence-corrected chi connectivity index (χ3v) is 5.40. The fraction of sp³-hybridized carbons (Fsp3) is 0.692. The van der Waals surface area contributed by atoms with Crippen molar-refractivity contribution in [2.45, 2.75) is 51.6 Å². The molecule has 3 heteroatoms. The van der Waals surface area contributed by atoms with E-state index in [1.165, 1.54) is 34.3 Å². The molecule has 0 aromatic carbocycles. The fourth-order valence-corrected chi connectivity index (χ4v) is 3.96. The van der Waals surface area contributed by atoms with Crippen LogP contribution in [-0.2, 0) is 0 Å². The summed E-state index contributed by atoms with van der Waals surface area (Å²) in [5.74, 6) is 0.833. The van der Waals surface area contributed by atoms with Crippen LogP contribution < -0.4 is 5.32 Å². The van der Waals surface area contributed by atoms with Crippen LogP contribution in [-0.4, -0.2) is 6.04 Å². The highest BCUT2D eigenvalue weighted by Crippen LogP contribution is 2.30. The second-order valence-corrected chi connectivity index (χ2v) is 7.39. The van der Waals surface area contributed by atoms with Gasteiger partial charge in [0.25, 0.3) is 0 Å². The molecule has 0 spiro atoms. The van der Waals surface area contributed by atoms with Crippen LogP contribution in [0, 0.1) is 5.92 Å². The summed E-state index contributed by atoms with van der Waals surface area (Å²) in [6.45, 7) is 4.66. The van der Waals surface area contributed by atoms with Crippen molar-refractivity contribution < 1.29 is 0 Å². The Morgan fingerprint density at radius 1 is 1.38 bits per heavy atom. The second-order valence-electron chi connectivity index (χ2n) is 4.90. The molecule has 0 saturated heterocycles. The van der Waals surface area contributed by atoms with E-state index in [4.69, 9.17) is 0 Å². The van der Waals surface area contributed by atoms with E-state index in [-0.39, 0.29) is 0 Å². The van der Waals surface area contributed by atoms with Gasteiger partial charge in [-0.25, -0.2) is 0 Å². The molecule has 1 N–H and O–H groups in total. The Kier molecular flexibility index (Phi) is 4.45. The first-order valence-electron chi connectivity index (χ1n) is 6.18. The summed E-state index contributed by atoms with van der Waals surface area (Å²) in [5, 5.41) is 3.79. The maximum absolute atomic E-state index is 3.79. The molecule has 3 unspecified atom stereocenters. The summed E-state index contributed by atoms with van der Waals surface area (Å²) < 4.78 is 1.23. The van der Waals surface area contributed by atoms with Gasteiger partial charge in [0, 0.05) is 17.0 Å². The molecule has 1 aromatic rings. The standard InChI is InChI=1S/C13H20BrNS/c1-9-5-3-4-6-11(9)15-10(2)12-7-8-13(14)16-12/h7-11,15H,3-6H2,1-2H3. The van der Waals surface area contributed by atoms with Crippen molar-refractivity contribution in [2.24, 2.45) is 5.92 Å². The maximum Gasteiger partial charge on any atom is 0.0701 e. The molecule has 0 aliphatic heterocycles. The lowest BCUT2D eigenvalue weighted by Crippen LogP contribution is -2.38. The van der Waals surface area contributed by atoms with Gasteiger partial charge in [0.1, 0.15) is 0 Å². The Hall–Kier alpha value is 0.140. The molecule has 3 atom stereocenters. The number of thiophene rings is 1. The van der Waals surface area contributed by atoms with E-state index < -0.39 is 0 Å². The normalized spacial score (nSPS) is 27.9. The van der Waals surface area contributed by atoms with Crippen molar-refractivity contribution in [3.63, 3.8) is 0 Å². The third-order valence-electron chi connectivity index (χ3n) is 3.60. The molecule has 0 amide bonds. The summed E-state index contributed by atoms with van der Waals surface area (Å²) in [5.41, 5.74) is 0. The Labute approximate surface area is 111 Å². The van der Waals surface area contributed by atoms with E-state index in [0.717, 1.165) is 5.92 Å². The first-order valence-corrected chi connectivity index (χ1v) is 7.79. The topological polar surface area (TPSA) is 12.0 Å². The van der Waals surface area contributed by atoms with E-state index in [1.807, 2.05) is 11.3 Å². The molecule has 2 rings (SSSR count). The minimum absolute atomic E-state index is 0.488. The van der Waals surface area contributed by atoms with Gasteiger partial charge in [0.2, 0.25) is 0 Å². The van der Waals surface area contributed by atoms with Gasteiger partial charge in [0.05, 0.1) is 3.79 Å². The van der Waals surface area contributed by atoms with Crippen LogP contribution in [0.25, 0.3) is 0 Å². The molecule has 1 aliphatic carbocycles. The van der Waals surface area contributed by atoms with Crippen molar-refractivity contribution in [2.75, 3.05) is 0 Å². The van der Waals surface area contributed by atoms with Crippen LogP contribution in [0.2, 0.25) is 0 Å². The van der Waals surface area contributed by atoms with Crippen LogP contribution in [0.5, 0.6) is 0 Å². The van der Waals surface area contributed by atoms with Gasteiger partial charge in [-0.1, -0.05) is 19.8 Å². The van der Waals surface area contributed by atoms with Crippen molar-refractivity contribution in [1.82, 2.24) is 5.32 Å². The molecule has 90 valence electrons. The number of nitrogens with one attached hydrogen (secondary N) is 1. The molecule has 1 aromatic heterocycles. The Morgan fingerprint density at radius 2 is 2.12 bits per heavy atom. The highest BCUT2D eigenvalue weighted by atomic mass is 79.9. The van der Waals surface area contributed by atoms with Crippen molar-refractivity contribution in [3.05, 3.63) is 20.8 Å². The van der Waals surface area contributed by atoms with Gasteiger partial charge < -0.3 is 5.32 Å². The van der Waals surface area contributed by atoms with Gasteiger partial charge in [0.15, 0.2) is 0 Å². The maximum atomic E-state index is 3.79. The lowest BCUT2D eigenvalue weighted by atomic mass is 9.85.